The third-order valence-corrected chi connectivity index (χ3v) is 22.3. The summed E-state index contributed by atoms with van der Waals surface area (Å²) in [6, 6.07) is 4.86. The number of rotatable bonds is 31. The predicted molar refractivity (Wildman–Crippen MR) is 232 cm³/mol. The number of thiophene rings is 2. The van der Waals surface area contributed by atoms with E-state index in [4.69, 9.17) is 9.47 Å². The van der Waals surface area contributed by atoms with Crippen molar-refractivity contribution in [1.29, 1.82) is 0 Å². The first-order chi connectivity index (χ1) is 24.3. The molecule has 0 saturated heterocycles. The predicted octanol–water partition coefficient (Wildman–Crippen LogP) is 16.1. The second-order valence-electron chi connectivity index (χ2n) is 16.6. The van der Waals surface area contributed by atoms with Crippen molar-refractivity contribution in [3.05, 3.63) is 17.5 Å². The minimum absolute atomic E-state index is 0.648. The van der Waals surface area contributed by atoms with Gasteiger partial charge in [-0.25, -0.2) is 0 Å². The molecule has 0 spiro atoms. The van der Waals surface area contributed by atoms with Crippen molar-refractivity contribution < 1.29 is 9.47 Å². The first-order valence-electron chi connectivity index (χ1n) is 21.6. The molecule has 5 heteroatoms. The van der Waals surface area contributed by atoms with Gasteiger partial charge in [-0.2, -0.15) is 0 Å². The second-order valence-corrected chi connectivity index (χ2v) is 34.0. The molecule has 2 heterocycles. The molecule has 286 valence electrons. The molecule has 2 aromatic heterocycles. The molecule has 0 saturated carbocycles. The van der Waals surface area contributed by atoms with E-state index in [1.165, 1.54) is 174 Å². The summed E-state index contributed by atoms with van der Waals surface area (Å²) < 4.78 is 18.4. The number of ether oxygens (including phenoxy) is 2. The molecular weight excluding hydrogens is 755 g/mol. The number of unbranched alkanes of at least 4 members (excludes halogenated alkanes) is 16. The Labute approximate surface area is 322 Å². The Balaban J connectivity index is 1.84. The summed E-state index contributed by atoms with van der Waals surface area (Å²) in [5, 5.41) is 4.89. The quantitative estimate of drug-likeness (QED) is 0.0475. The zero-order valence-corrected chi connectivity index (χ0v) is 38.4. The summed E-state index contributed by atoms with van der Waals surface area (Å²) in [7, 11) is 0. The van der Waals surface area contributed by atoms with Crippen LogP contribution < -0.4 is 12.4 Å². The maximum atomic E-state index is 7.07. The first-order valence-corrected chi connectivity index (χ1v) is 33.2. The van der Waals surface area contributed by atoms with Crippen molar-refractivity contribution >= 4 is 64.1 Å². The van der Waals surface area contributed by atoms with Gasteiger partial charge in [0.2, 0.25) is 0 Å². The first kappa shape index (κ1) is 43.9. The molecule has 50 heavy (non-hydrogen) atoms. The Morgan fingerprint density at radius 3 is 1.36 bits per heavy atom. The molecular formula is C45H78O2S2Sn. The van der Waals surface area contributed by atoms with E-state index in [9.17, 15) is 0 Å². The Hall–Kier alpha value is -0.461. The Morgan fingerprint density at radius 2 is 0.920 bits per heavy atom. The van der Waals surface area contributed by atoms with Crippen molar-refractivity contribution in [3.8, 4) is 11.5 Å². The summed E-state index contributed by atoms with van der Waals surface area (Å²) in [6.45, 7) is 11.0. The van der Waals surface area contributed by atoms with E-state index in [-0.39, 0.29) is 0 Å². The van der Waals surface area contributed by atoms with Gasteiger partial charge in [0.25, 0.3) is 0 Å². The average molecular weight is 834 g/mol. The third-order valence-electron chi connectivity index (χ3n) is 10.8. The van der Waals surface area contributed by atoms with Crippen LogP contribution in [-0.2, 0) is 0 Å². The van der Waals surface area contributed by atoms with Crippen LogP contribution in [0.5, 0.6) is 11.5 Å². The number of benzene rings is 1. The topological polar surface area (TPSA) is 18.5 Å². The number of hydrogen-bond acceptors (Lipinski definition) is 4. The third kappa shape index (κ3) is 15.5. The Morgan fingerprint density at radius 1 is 0.520 bits per heavy atom. The molecule has 2 atom stereocenters. The summed E-state index contributed by atoms with van der Waals surface area (Å²) in [6.07, 6.45) is 32.4. The standard InChI is InChI=1S/C42H69O2S2.3CH3.Sn/c1-5-9-13-17-19-23-27-35(25-21-15-11-7-3)33-43-39-37-29-31-46-42(37)40(38-30-32-45-41(38)39)44-34-36(26-22-16-12-8-4)28-24-20-18-14-10-6-2;;;;/h29-31,35-36H,5-28,33-34H2,1-4H3;3*1H3;. The van der Waals surface area contributed by atoms with E-state index in [2.05, 4.69) is 60.0 Å². The van der Waals surface area contributed by atoms with Crippen molar-refractivity contribution in [2.75, 3.05) is 13.2 Å². The fourth-order valence-corrected chi connectivity index (χ4v) is 14.7. The summed E-state index contributed by atoms with van der Waals surface area (Å²) in [5.41, 5.74) is 0. The molecule has 3 rings (SSSR count). The summed E-state index contributed by atoms with van der Waals surface area (Å²) in [4.78, 5) is 7.67. The molecule has 3 aromatic rings. The van der Waals surface area contributed by atoms with Gasteiger partial charge in [0, 0.05) is 0 Å². The van der Waals surface area contributed by atoms with Crippen LogP contribution in [0.1, 0.15) is 182 Å². The van der Waals surface area contributed by atoms with Crippen LogP contribution in [0.25, 0.3) is 20.2 Å². The maximum absolute atomic E-state index is 7.07. The van der Waals surface area contributed by atoms with Crippen LogP contribution in [-0.4, -0.2) is 31.6 Å². The minimum atomic E-state index is -2.33. The van der Waals surface area contributed by atoms with Gasteiger partial charge < -0.3 is 0 Å². The van der Waals surface area contributed by atoms with Crippen molar-refractivity contribution in [2.45, 2.75) is 197 Å². The normalized spacial score (nSPS) is 13.4. The fourth-order valence-electron chi connectivity index (χ4n) is 7.46. The summed E-state index contributed by atoms with van der Waals surface area (Å²) >= 11 is 1.57. The van der Waals surface area contributed by atoms with Gasteiger partial charge in [-0.3, -0.25) is 0 Å². The SMILES string of the molecule is CCCCCCCCC(CCCCCC)COc1c2c[c]([Sn]([CH3])([CH3])[CH3])sc2c(OCC(CCCCCC)CCCCCCCC)c2ccsc12. The molecule has 0 radical (unpaired) electrons. The van der Waals surface area contributed by atoms with Gasteiger partial charge in [0.1, 0.15) is 0 Å². The van der Waals surface area contributed by atoms with Crippen LogP contribution in [0, 0.1) is 11.8 Å². The van der Waals surface area contributed by atoms with Crippen molar-refractivity contribution in [3.63, 3.8) is 0 Å². The van der Waals surface area contributed by atoms with Gasteiger partial charge in [0.05, 0.1) is 0 Å². The Bertz CT molecular complexity index is 1200. The van der Waals surface area contributed by atoms with E-state index in [1.807, 2.05) is 22.7 Å². The average Bonchev–Trinajstić information content (AvgIpc) is 3.77. The molecule has 0 aliphatic heterocycles. The van der Waals surface area contributed by atoms with E-state index in [1.54, 1.807) is 2.89 Å². The van der Waals surface area contributed by atoms with Crippen LogP contribution in [0.2, 0.25) is 14.8 Å². The van der Waals surface area contributed by atoms with E-state index >= 15 is 0 Å². The molecule has 0 amide bonds. The van der Waals surface area contributed by atoms with Crippen molar-refractivity contribution in [2.24, 2.45) is 11.8 Å². The Kier molecular flexibility index (Phi) is 22.4. The number of hydrogen-bond donors (Lipinski definition) is 0. The summed E-state index contributed by atoms with van der Waals surface area (Å²) in [5.74, 6) is 3.60. The van der Waals surface area contributed by atoms with Gasteiger partial charge in [-0.15, -0.1) is 0 Å². The molecule has 0 N–H and O–H groups in total. The molecule has 1 aromatic carbocycles. The van der Waals surface area contributed by atoms with Gasteiger partial charge in [-0.1, -0.05) is 53.4 Å². The molecule has 2 nitrogen and oxygen atoms in total. The van der Waals surface area contributed by atoms with Crippen LogP contribution in [0.3, 0.4) is 0 Å². The van der Waals surface area contributed by atoms with Crippen molar-refractivity contribution in [1.82, 2.24) is 0 Å². The molecule has 2 unspecified atom stereocenters. The monoisotopic (exact) mass is 834 g/mol. The molecule has 0 aliphatic rings. The van der Waals surface area contributed by atoms with Crippen LogP contribution >= 0.6 is 22.7 Å². The molecule has 0 aliphatic carbocycles. The molecule has 0 fully saturated rings. The zero-order valence-electron chi connectivity index (χ0n) is 33.9. The van der Waals surface area contributed by atoms with E-state index in [0.29, 0.717) is 11.8 Å². The van der Waals surface area contributed by atoms with Gasteiger partial charge >= 0.3 is 271 Å². The molecule has 0 bridgehead atoms. The van der Waals surface area contributed by atoms with Crippen LogP contribution in [0.15, 0.2) is 17.5 Å². The van der Waals surface area contributed by atoms with Gasteiger partial charge in [0.15, 0.2) is 0 Å². The van der Waals surface area contributed by atoms with Gasteiger partial charge in [-0.05, 0) is 0 Å². The van der Waals surface area contributed by atoms with E-state index in [0.717, 1.165) is 24.7 Å². The number of fused-ring (bicyclic) bond motifs is 2. The fraction of sp³-hybridized carbons (Fsp3) is 0.778. The van der Waals surface area contributed by atoms with Crippen LogP contribution in [0.4, 0.5) is 0 Å². The second kappa shape index (κ2) is 25.5. The van der Waals surface area contributed by atoms with E-state index < -0.39 is 18.4 Å². The zero-order chi connectivity index (χ0) is 36.0.